The summed E-state index contributed by atoms with van der Waals surface area (Å²) in [6.45, 7) is 6.14. The number of nitrogens with zero attached hydrogens (tertiary/aromatic N) is 3. The smallest absolute Gasteiger partial charge is 0.333 e. The molecule has 0 atom stereocenters. The number of hydrogen-bond donors (Lipinski definition) is 2. The van der Waals surface area contributed by atoms with Gasteiger partial charge in [-0.1, -0.05) is 0 Å². The van der Waals surface area contributed by atoms with E-state index in [4.69, 9.17) is 0 Å². The van der Waals surface area contributed by atoms with E-state index in [0.29, 0.717) is 18.1 Å². The number of rotatable bonds is 4. The molecule has 7 heteroatoms. The van der Waals surface area contributed by atoms with Gasteiger partial charge in [-0.3, -0.25) is 10.1 Å². The summed E-state index contributed by atoms with van der Waals surface area (Å²) in [5.74, 6) is 0.548. The van der Waals surface area contributed by atoms with Gasteiger partial charge in [0.1, 0.15) is 5.69 Å². The lowest BCUT2D eigenvalue weighted by molar-refractivity contribution is -0.384. The average Bonchev–Trinajstić information content (AvgIpc) is 2.67. The second-order valence-electron chi connectivity index (χ2n) is 4.52. The molecule has 0 radical (unpaired) electrons. The predicted molar refractivity (Wildman–Crippen MR) is 68.8 cm³/mol. The van der Waals surface area contributed by atoms with Gasteiger partial charge in [0.15, 0.2) is 0 Å². The van der Waals surface area contributed by atoms with Crippen LogP contribution >= 0.6 is 0 Å². The highest BCUT2D eigenvalue weighted by Crippen LogP contribution is 2.29. The highest BCUT2D eigenvalue weighted by atomic mass is 16.6. The van der Waals surface area contributed by atoms with Gasteiger partial charge in [-0.2, -0.15) is 5.10 Å². The minimum Gasteiger partial charge on any atom is -0.362 e. The van der Waals surface area contributed by atoms with Gasteiger partial charge in [0.05, 0.1) is 4.92 Å². The van der Waals surface area contributed by atoms with Gasteiger partial charge in [-0.25, -0.2) is 4.68 Å². The monoisotopic (exact) mass is 253 g/mol. The van der Waals surface area contributed by atoms with E-state index in [1.807, 2.05) is 6.92 Å². The van der Waals surface area contributed by atoms with Crippen molar-refractivity contribution in [3.8, 4) is 0 Å². The molecule has 1 aliphatic rings. The van der Waals surface area contributed by atoms with Crippen molar-refractivity contribution >= 4 is 11.5 Å². The van der Waals surface area contributed by atoms with Crippen molar-refractivity contribution in [1.82, 2.24) is 15.1 Å². The number of aryl methyl sites for hydroxylation is 2. The second kappa shape index (κ2) is 5.34. The predicted octanol–water partition coefficient (Wildman–Crippen LogP) is 1.28. The maximum absolute atomic E-state index is 11.1. The summed E-state index contributed by atoms with van der Waals surface area (Å²) < 4.78 is 1.68. The van der Waals surface area contributed by atoms with Crippen LogP contribution in [-0.2, 0) is 6.54 Å². The Morgan fingerprint density at radius 2 is 2.22 bits per heavy atom. The van der Waals surface area contributed by atoms with Gasteiger partial charge < -0.3 is 10.6 Å². The fourth-order valence-electron chi connectivity index (χ4n) is 2.32. The Balaban J connectivity index is 2.26. The van der Waals surface area contributed by atoms with Crippen molar-refractivity contribution in [2.75, 3.05) is 18.4 Å². The molecular weight excluding hydrogens is 234 g/mol. The maximum Gasteiger partial charge on any atom is 0.333 e. The van der Waals surface area contributed by atoms with Gasteiger partial charge in [-0.05, 0) is 39.8 Å². The van der Waals surface area contributed by atoms with Crippen molar-refractivity contribution in [3.05, 3.63) is 15.8 Å². The summed E-state index contributed by atoms with van der Waals surface area (Å²) in [4.78, 5) is 10.8. The van der Waals surface area contributed by atoms with E-state index >= 15 is 0 Å². The van der Waals surface area contributed by atoms with Gasteiger partial charge in [0.2, 0.25) is 5.82 Å². The molecule has 1 aromatic rings. The first-order valence-electron chi connectivity index (χ1n) is 6.32. The summed E-state index contributed by atoms with van der Waals surface area (Å²) in [5.41, 5.74) is 0.577. The normalized spacial score (nSPS) is 16.8. The molecule has 1 aliphatic heterocycles. The fourth-order valence-corrected chi connectivity index (χ4v) is 2.32. The van der Waals surface area contributed by atoms with Crippen molar-refractivity contribution in [2.24, 2.45) is 0 Å². The molecule has 1 saturated heterocycles. The number of hydrogen-bond acceptors (Lipinski definition) is 5. The Labute approximate surface area is 106 Å². The highest BCUT2D eigenvalue weighted by Gasteiger charge is 2.27. The first-order valence-corrected chi connectivity index (χ1v) is 6.32. The largest absolute Gasteiger partial charge is 0.362 e. The number of piperidine rings is 1. The molecule has 2 rings (SSSR count). The number of anilines is 1. The average molecular weight is 253 g/mol. The van der Waals surface area contributed by atoms with Crippen LogP contribution in [0, 0.1) is 17.0 Å². The summed E-state index contributed by atoms with van der Waals surface area (Å²) >= 11 is 0. The molecule has 0 bridgehead atoms. The molecule has 7 nitrogen and oxygen atoms in total. The van der Waals surface area contributed by atoms with Gasteiger partial charge in [0.25, 0.3) is 0 Å². The zero-order chi connectivity index (χ0) is 13.1. The molecule has 0 aromatic carbocycles. The van der Waals surface area contributed by atoms with Crippen LogP contribution in [0.25, 0.3) is 0 Å². The van der Waals surface area contributed by atoms with Crippen LogP contribution in [0.3, 0.4) is 0 Å². The topological polar surface area (TPSA) is 85.0 Å². The van der Waals surface area contributed by atoms with Gasteiger partial charge >= 0.3 is 5.69 Å². The Bertz CT molecular complexity index is 437. The van der Waals surface area contributed by atoms with E-state index in [2.05, 4.69) is 15.7 Å². The first kappa shape index (κ1) is 12.8. The van der Waals surface area contributed by atoms with E-state index in [-0.39, 0.29) is 16.7 Å². The maximum atomic E-state index is 11.1. The third kappa shape index (κ3) is 2.45. The van der Waals surface area contributed by atoms with E-state index < -0.39 is 0 Å². The molecule has 2 N–H and O–H groups in total. The Hall–Kier alpha value is -1.63. The van der Waals surface area contributed by atoms with Gasteiger partial charge in [0, 0.05) is 12.6 Å². The van der Waals surface area contributed by atoms with Crippen LogP contribution in [0.4, 0.5) is 11.5 Å². The quantitative estimate of drug-likeness (QED) is 0.623. The summed E-state index contributed by atoms with van der Waals surface area (Å²) in [6.07, 6.45) is 1.95. The van der Waals surface area contributed by atoms with Crippen LogP contribution < -0.4 is 10.6 Å². The zero-order valence-corrected chi connectivity index (χ0v) is 10.8. The minimum absolute atomic E-state index is 0.107. The standard InChI is InChI=1S/C11H19N5O2/c1-3-15-11(10(16(17)18)8(2)14-15)13-9-4-6-12-7-5-9/h9,12-13H,3-7H2,1-2H3. The Kier molecular flexibility index (Phi) is 3.81. The molecule has 2 heterocycles. The lowest BCUT2D eigenvalue weighted by Gasteiger charge is -2.24. The first-order chi connectivity index (χ1) is 8.63. The zero-order valence-electron chi connectivity index (χ0n) is 10.8. The van der Waals surface area contributed by atoms with Crippen molar-refractivity contribution in [1.29, 1.82) is 0 Å². The lowest BCUT2D eigenvalue weighted by Crippen LogP contribution is -2.36. The van der Waals surface area contributed by atoms with Crippen LogP contribution in [0.2, 0.25) is 0 Å². The number of aromatic nitrogens is 2. The third-order valence-corrected chi connectivity index (χ3v) is 3.26. The van der Waals surface area contributed by atoms with Crippen LogP contribution in [0.5, 0.6) is 0 Å². The molecule has 18 heavy (non-hydrogen) atoms. The summed E-state index contributed by atoms with van der Waals surface area (Å²) in [5, 5.41) is 21.9. The van der Waals surface area contributed by atoms with Crippen LogP contribution in [0.15, 0.2) is 0 Å². The molecule has 0 aliphatic carbocycles. The highest BCUT2D eigenvalue weighted by molar-refractivity contribution is 5.60. The number of nitro groups is 1. The van der Waals surface area contributed by atoms with E-state index in [0.717, 1.165) is 25.9 Å². The Morgan fingerprint density at radius 1 is 1.56 bits per heavy atom. The lowest BCUT2D eigenvalue weighted by atomic mass is 10.1. The minimum atomic E-state index is -0.349. The molecule has 1 aromatic heterocycles. The van der Waals surface area contributed by atoms with E-state index in [9.17, 15) is 10.1 Å². The molecule has 0 unspecified atom stereocenters. The molecule has 1 fully saturated rings. The molecule has 0 spiro atoms. The number of nitrogens with one attached hydrogen (secondary N) is 2. The molecule has 0 saturated carbocycles. The second-order valence-corrected chi connectivity index (χ2v) is 4.52. The summed E-state index contributed by atoms with van der Waals surface area (Å²) in [7, 11) is 0. The van der Waals surface area contributed by atoms with E-state index in [1.165, 1.54) is 0 Å². The van der Waals surface area contributed by atoms with Crippen LogP contribution in [-0.4, -0.2) is 33.8 Å². The van der Waals surface area contributed by atoms with Crippen molar-refractivity contribution < 1.29 is 4.92 Å². The van der Waals surface area contributed by atoms with Crippen LogP contribution in [0.1, 0.15) is 25.5 Å². The van der Waals surface area contributed by atoms with E-state index in [1.54, 1.807) is 11.6 Å². The molecular formula is C11H19N5O2. The van der Waals surface area contributed by atoms with Crippen molar-refractivity contribution in [2.45, 2.75) is 39.3 Å². The van der Waals surface area contributed by atoms with Crippen molar-refractivity contribution in [3.63, 3.8) is 0 Å². The summed E-state index contributed by atoms with van der Waals surface area (Å²) in [6, 6.07) is 0.284. The Morgan fingerprint density at radius 3 is 2.78 bits per heavy atom. The fraction of sp³-hybridized carbons (Fsp3) is 0.727. The van der Waals surface area contributed by atoms with Gasteiger partial charge in [-0.15, -0.1) is 0 Å². The molecule has 0 amide bonds. The molecule has 100 valence electrons. The SMILES string of the molecule is CCn1nc(C)c([N+](=O)[O-])c1NC1CCNCC1. The third-order valence-electron chi connectivity index (χ3n) is 3.26.